The molecule has 0 bridgehead atoms. The van der Waals surface area contributed by atoms with Gasteiger partial charge in [-0.1, -0.05) is 24.8 Å². The molecule has 1 aliphatic heterocycles. The summed E-state index contributed by atoms with van der Waals surface area (Å²) in [6, 6.07) is 12.1. The molecule has 0 fully saturated rings. The Bertz CT molecular complexity index is 1300. The van der Waals surface area contributed by atoms with Gasteiger partial charge in [-0.2, -0.15) is 0 Å². The molecule has 3 aromatic rings. The maximum Gasteiger partial charge on any atom is 0.410 e. The molecule has 0 radical (unpaired) electrons. The van der Waals surface area contributed by atoms with Gasteiger partial charge in [0.1, 0.15) is 17.0 Å². The number of hydrogen-bond acceptors (Lipinski definition) is 5. The van der Waals surface area contributed by atoms with Crippen molar-refractivity contribution in [2.24, 2.45) is 0 Å². The van der Waals surface area contributed by atoms with E-state index in [9.17, 15) is 4.79 Å². The van der Waals surface area contributed by atoms with Gasteiger partial charge in [-0.25, -0.2) is 9.78 Å². The summed E-state index contributed by atoms with van der Waals surface area (Å²) in [7, 11) is 0. The van der Waals surface area contributed by atoms with Gasteiger partial charge in [-0.3, -0.25) is 0 Å². The lowest BCUT2D eigenvalue weighted by molar-refractivity contribution is 0.0270. The van der Waals surface area contributed by atoms with Crippen LogP contribution in [-0.2, 0) is 9.47 Å². The Morgan fingerprint density at radius 2 is 2.09 bits per heavy atom. The van der Waals surface area contributed by atoms with Crippen LogP contribution in [0, 0.1) is 0 Å². The molecule has 3 heterocycles. The molecule has 0 aliphatic carbocycles. The number of aromatic amines is 1. The molecule has 0 atom stereocenters. The zero-order valence-electron chi connectivity index (χ0n) is 20.7. The number of benzene rings is 1. The highest BCUT2D eigenvalue weighted by molar-refractivity contribution is 5.94. The average molecular weight is 473 g/mol. The Morgan fingerprint density at radius 1 is 1.26 bits per heavy atom. The highest BCUT2D eigenvalue weighted by atomic mass is 16.6. The van der Waals surface area contributed by atoms with Crippen molar-refractivity contribution in [2.45, 2.75) is 39.7 Å². The van der Waals surface area contributed by atoms with Gasteiger partial charge in [-0.15, -0.1) is 0 Å². The van der Waals surface area contributed by atoms with Crippen molar-refractivity contribution in [3.8, 4) is 0 Å². The Balaban J connectivity index is 1.54. The fourth-order valence-electron chi connectivity index (χ4n) is 4.01. The lowest BCUT2D eigenvalue weighted by Gasteiger charge is -2.29. The smallest absolute Gasteiger partial charge is 0.410 e. The molecule has 35 heavy (non-hydrogen) atoms. The number of pyridine rings is 1. The number of hydrogen-bond donors (Lipinski definition) is 2. The minimum absolute atomic E-state index is 0.278. The summed E-state index contributed by atoms with van der Waals surface area (Å²) >= 11 is 0. The van der Waals surface area contributed by atoms with E-state index >= 15 is 0 Å². The van der Waals surface area contributed by atoms with Crippen molar-refractivity contribution in [3.63, 3.8) is 0 Å². The molecule has 0 saturated carbocycles. The number of aromatic nitrogens is 2. The number of carbonyl (C=O) groups is 1. The van der Waals surface area contributed by atoms with E-state index < -0.39 is 5.60 Å². The average Bonchev–Trinajstić information content (AvgIpc) is 3.27. The maximum absolute atomic E-state index is 12.4. The molecule has 0 unspecified atom stereocenters. The molecular weight excluding hydrogens is 440 g/mol. The monoisotopic (exact) mass is 472 g/mol. The molecule has 1 aromatic carbocycles. The largest absolute Gasteiger partial charge is 0.465 e. The fourth-order valence-corrected chi connectivity index (χ4v) is 4.01. The van der Waals surface area contributed by atoms with Crippen LogP contribution >= 0.6 is 0 Å². The Labute approximate surface area is 206 Å². The molecule has 0 saturated heterocycles. The quantitative estimate of drug-likeness (QED) is 0.384. The number of fused-ring (bicyclic) bond motifs is 1. The second-order valence-electron chi connectivity index (χ2n) is 9.35. The number of H-pyrrole nitrogens is 1. The number of rotatable bonds is 6. The Morgan fingerprint density at radius 3 is 2.77 bits per heavy atom. The minimum atomic E-state index is -0.500. The second-order valence-corrected chi connectivity index (χ2v) is 9.35. The van der Waals surface area contributed by atoms with E-state index in [0.717, 1.165) is 51.4 Å². The number of allylic oxidation sites excluding steroid dienone is 1. The SMILES string of the molecule is C=CO/C(=C\C)c1cccc(Nc2ccnc3[nH]c(C4=CCN(C(=O)OC(C)(C)C)CC4)cc23)c1. The topological polar surface area (TPSA) is 79.5 Å². The van der Waals surface area contributed by atoms with Gasteiger partial charge < -0.3 is 24.7 Å². The number of ether oxygens (including phenoxy) is 2. The van der Waals surface area contributed by atoms with Gasteiger partial charge in [0.05, 0.1) is 11.9 Å². The highest BCUT2D eigenvalue weighted by Crippen LogP contribution is 2.31. The Hall–Kier alpha value is -4.00. The van der Waals surface area contributed by atoms with Gasteiger partial charge in [0.25, 0.3) is 0 Å². The Kier molecular flexibility index (Phi) is 6.96. The number of nitrogens with one attached hydrogen (secondary N) is 2. The van der Waals surface area contributed by atoms with Crippen molar-refractivity contribution in [1.82, 2.24) is 14.9 Å². The summed E-state index contributed by atoms with van der Waals surface area (Å²) in [6.45, 7) is 12.3. The van der Waals surface area contributed by atoms with Crippen LogP contribution in [0.1, 0.15) is 45.4 Å². The van der Waals surface area contributed by atoms with Crippen molar-refractivity contribution >= 4 is 39.8 Å². The molecular formula is C28H32N4O3. The first-order valence-corrected chi connectivity index (χ1v) is 11.7. The van der Waals surface area contributed by atoms with Gasteiger partial charge in [0.15, 0.2) is 0 Å². The molecule has 2 aromatic heterocycles. The number of nitrogens with zero attached hydrogens (tertiary/aromatic N) is 2. The zero-order chi connectivity index (χ0) is 25.0. The van der Waals surface area contributed by atoms with Crippen molar-refractivity contribution < 1.29 is 14.3 Å². The number of carbonyl (C=O) groups excluding carboxylic acids is 1. The summed E-state index contributed by atoms with van der Waals surface area (Å²) in [4.78, 5) is 22.1. The van der Waals surface area contributed by atoms with E-state index in [1.54, 1.807) is 11.1 Å². The summed E-state index contributed by atoms with van der Waals surface area (Å²) in [5.41, 5.74) is 5.33. The predicted molar refractivity (Wildman–Crippen MR) is 141 cm³/mol. The van der Waals surface area contributed by atoms with E-state index in [1.165, 1.54) is 6.26 Å². The molecule has 182 valence electrons. The van der Waals surface area contributed by atoms with Crippen LogP contribution in [0.15, 0.2) is 67.6 Å². The van der Waals surface area contributed by atoms with E-state index in [-0.39, 0.29) is 6.09 Å². The normalized spacial score (nSPS) is 14.5. The van der Waals surface area contributed by atoms with E-state index in [2.05, 4.69) is 34.0 Å². The molecule has 4 rings (SSSR count). The fraction of sp³-hybridized carbons (Fsp3) is 0.286. The molecule has 0 spiro atoms. The highest BCUT2D eigenvalue weighted by Gasteiger charge is 2.24. The van der Waals surface area contributed by atoms with Crippen LogP contribution in [-0.4, -0.2) is 39.7 Å². The predicted octanol–water partition coefficient (Wildman–Crippen LogP) is 6.85. The van der Waals surface area contributed by atoms with Gasteiger partial charge >= 0.3 is 6.09 Å². The van der Waals surface area contributed by atoms with Crippen LogP contribution in [0.4, 0.5) is 16.2 Å². The first-order chi connectivity index (χ1) is 16.8. The van der Waals surface area contributed by atoms with Crippen LogP contribution in [0.25, 0.3) is 22.4 Å². The van der Waals surface area contributed by atoms with Crippen LogP contribution < -0.4 is 5.32 Å². The molecule has 1 aliphatic rings. The van der Waals surface area contributed by atoms with Crippen molar-refractivity contribution in [2.75, 3.05) is 18.4 Å². The lowest BCUT2D eigenvalue weighted by atomic mass is 10.0. The molecule has 7 heteroatoms. The standard InChI is InChI=1S/C28H32N4O3/c1-6-25(34-7-2)20-9-8-10-21(17-20)30-23-11-14-29-26-22(23)18-24(31-26)19-12-15-32(16-13-19)27(33)35-28(3,4)5/h6-12,14,17-18H,2,13,15-16H2,1,3-5H3,(H2,29,30,31)/b25-6-. The van der Waals surface area contributed by atoms with Crippen LogP contribution in [0.2, 0.25) is 0 Å². The van der Waals surface area contributed by atoms with E-state index in [4.69, 9.17) is 9.47 Å². The summed E-state index contributed by atoms with van der Waals surface area (Å²) < 4.78 is 11.0. The van der Waals surface area contributed by atoms with Crippen molar-refractivity contribution in [1.29, 1.82) is 0 Å². The summed E-state index contributed by atoms with van der Waals surface area (Å²) in [5, 5.41) is 4.51. The third-order valence-corrected chi connectivity index (χ3v) is 5.64. The van der Waals surface area contributed by atoms with Gasteiger partial charge in [-0.05, 0) is 70.0 Å². The zero-order valence-corrected chi connectivity index (χ0v) is 20.7. The minimum Gasteiger partial charge on any atom is -0.465 e. The van der Waals surface area contributed by atoms with E-state index in [0.29, 0.717) is 13.1 Å². The first-order valence-electron chi connectivity index (χ1n) is 11.7. The molecule has 7 nitrogen and oxygen atoms in total. The van der Waals surface area contributed by atoms with Crippen LogP contribution in [0.3, 0.4) is 0 Å². The maximum atomic E-state index is 12.4. The number of amides is 1. The van der Waals surface area contributed by atoms with Gasteiger partial charge in [0, 0.05) is 41.6 Å². The number of anilines is 2. The first kappa shape index (κ1) is 24.1. The molecule has 1 amide bonds. The lowest BCUT2D eigenvalue weighted by Crippen LogP contribution is -2.39. The molecule has 2 N–H and O–H groups in total. The van der Waals surface area contributed by atoms with E-state index in [1.807, 2.05) is 64.1 Å². The second kappa shape index (κ2) is 10.1. The van der Waals surface area contributed by atoms with Gasteiger partial charge in [0.2, 0.25) is 0 Å². The third-order valence-electron chi connectivity index (χ3n) is 5.64. The van der Waals surface area contributed by atoms with Crippen LogP contribution in [0.5, 0.6) is 0 Å². The summed E-state index contributed by atoms with van der Waals surface area (Å²) in [5.74, 6) is 0.747. The summed E-state index contributed by atoms with van der Waals surface area (Å²) in [6.07, 6.45) is 7.66. The van der Waals surface area contributed by atoms with Crippen molar-refractivity contribution in [3.05, 3.63) is 78.8 Å². The third kappa shape index (κ3) is 5.74.